The minimum absolute atomic E-state index is 0.121. The first kappa shape index (κ1) is 72.7. The monoisotopic (exact) mass is 1520 g/mol. The van der Waals surface area contributed by atoms with Gasteiger partial charge in [0.1, 0.15) is 29.4 Å². The molecule has 4 fully saturated rings. The predicted molar refractivity (Wildman–Crippen MR) is 403 cm³/mol. The number of aryl methyl sites for hydroxylation is 4. The second-order valence-corrected chi connectivity index (χ2v) is 29.7. The van der Waals surface area contributed by atoms with Crippen LogP contribution in [0.3, 0.4) is 0 Å². The number of hydrogen-bond donors (Lipinski definition) is 2. The lowest BCUT2D eigenvalue weighted by molar-refractivity contribution is -0.0393. The van der Waals surface area contributed by atoms with Gasteiger partial charge in [0.15, 0.2) is 6.23 Å². The molecule has 12 aromatic rings. The zero-order chi connectivity index (χ0) is 71.9. The fraction of sp³-hybridized carbons (Fsp3) is 0.385. The zero-order valence-electron chi connectivity index (χ0n) is 59.2. The van der Waals surface area contributed by atoms with Crippen LogP contribution in [0.2, 0.25) is 0 Å². The summed E-state index contributed by atoms with van der Waals surface area (Å²) in [5.41, 5.74) is 22.2. The molecule has 103 heavy (non-hydrogen) atoms. The van der Waals surface area contributed by atoms with E-state index in [4.69, 9.17) is 35.3 Å². The zero-order valence-corrected chi connectivity index (χ0v) is 62.3. The Bertz CT molecular complexity index is 4890. The van der Waals surface area contributed by atoms with E-state index < -0.39 is 0 Å². The third kappa shape index (κ3) is 16.9. The van der Waals surface area contributed by atoms with Crippen LogP contribution in [0.5, 0.6) is 0 Å². The van der Waals surface area contributed by atoms with Gasteiger partial charge in [-0.1, -0.05) is 0 Å². The number of nitrogens with zero attached hydrogens (tertiary/aromatic N) is 16. The molecule has 16 heterocycles. The van der Waals surface area contributed by atoms with Gasteiger partial charge < -0.3 is 15.2 Å². The smallest absolute Gasteiger partial charge is 0.150 e. The van der Waals surface area contributed by atoms with E-state index in [9.17, 15) is 13.2 Å². The largest absolute Gasteiger partial charge is 0.357 e. The highest BCUT2D eigenvalue weighted by Gasteiger charge is 2.33. The van der Waals surface area contributed by atoms with Crippen molar-refractivity contribution in [2.45, 2.75) is 149 Å². The Morgan fingerprint density at radius 2 is 1.03 bits per heavy atom. The molecule has 0 bridgehead atoms. The van der Waals surface area contributed by atoms with Gasteiger partial charge in [0.2, 0.25) is 0 Å². The number of aromatic amines is 1. The van der Waals surface area contributed by atoms with Crippen molar-refractivity contribution in [2.75, 3.05) is 45.9 Å². The number of aromatic nitrogens is 15. The van der Waals surface area contributed by atoms with E-state index in [0.717, 1.165) is 165 Å². The van der Waals surface area contributed by atoms with E-state index in [1.807, 2.05) is 70.3 Å². The van der Waals surface area contributed by atoms with Crippen LogP contribution in [-0.2, 0) is 15.9 Å². The molecule has 25 heteroatoms. The SMILES string of the molecule is CC1(C)CCCN1CCN.Cc1nc(-c2[nH]ncc2-c2ccc3ncc(CCCN4CCCC4(C)C)cc3n2)ccc1F.Cc1nc(-c2c(-c3ccc4ncc(Br)cc4n3)cnn2C2CCCCO2)ccc1F.Cc1nc(-c2nn(C3CCCCO3)cc2-c2ccc3ncc(Br)cc3n2)ccc1F. The number of fused-ring (bicyclic) bond motifs is 3. The van der Waals surface area contributed by atoms with Gasteiger partial charge in [-0.25, -0.2) is 52.4 Å². The van der Waals surface area contributed by atoms with Gasteiger partial charge in [0.25, 0.3) is 0 Å². The van der Waals surface area contributed by atoms with Crippen molar-refractivity contribution in [3.8, 4) is 67.9 Å². The van der Waals surface area contributed by atoms with Crippen LogP contribution in [-0.4, -0.2) is 141 Å². The maximum Gasteiger partial charge on any atom is 0.150 e. The molecule has 0 radical (unpaired) electrons. The average molecular weight is 1520 g/mol. The number of pyridine rings is 9. The number of hydrogen-bond acceptors (Lipinski definition) is 17. The highest BCUT2D eigenvalue weighted by molar-refractivity contribution is 9.10. The van der Waals surface area contributed by atoms with Gasteiger partial charge in [-0.3, -0.25) is 29.9 Å². The lowest BCUT2D eigenvalue weighted by Crippen LogP contribution is -2.41. The van der Waals surface area contributed by atoms with Crippen molar-refractivity contribution in [2.24, 2.45) is 5.73 Å². The first-order valence-corrected chi connectivity index (χ1v) is 37.0. The second-order valence-electron chi connectivity index (χ2n) is 27.9. The summed E-state index contributed by atoms with van der Waals surface area (Å²) in [6, 6.07) is 26.9. The molecule has 0 aliphatic carbocycles. The van der Waals surface area contributed by atoms with Gasteiger partial charge in [0.05, 0.1) is 108 Å². The standard InChI is InChI=1S/C26H29FN6.2C22H19BrFN5O.C8H18N2/c1-17-20(27)7-8-23(30-17)25-19(16-29-32-25)21-9-10-22-24(31-21)14-18(15-28-22)6-4-12-33-13-5-11-26(33,2)3;1-13-16(24)5-6-19(26-13)22-15(12-29(28-22)21-4-2-3-9-30-21)17-7-8-18-20(27-17)10-14(23)11-25-18;1-13-16(24)5-6-19(27-13)22-15(12-26-29(22)21-4-2-3-9-30-21)17-7-8-18-20(28-17)10-14(23)11-25-18;1-8(2)4-3-6-10(8)7-5-9/h7-10,14-16H,4-6,11-13H2,1-3H3,(H,29,32);2*5-8,10-12,21H,2-4,9H2,1H3;3-7,9H2,1-2H3. The summed E-state index contributed by atoms with van der Waals surface area (Å²) in [6.45, 7) is 21.1. The first-order chi connectivity index (χ1) is 49.7. The molecule has 16 rings (SSSR count). The summed E-state index contributed by atoms with van der Waals surface area (Å²) in [4.78, 5) is 46.3. The quantitative estimate of drug-likeness (QED) is 0.103. The molecular formula is C78H85Br2F3N18O2. The number of nitrogens with two attached hydrogens (primary N) is 1. The summed E-state index contributed by atoms with van der Waals surface area (Å²) < 4.78 is 58.7. The Morgan fingerprint density at radius 3 is 1.58 bits per heavy atom. The molecule has 2 atom stereocenters. The Kier molecular flexibility index (Phi) is 22.7. The fourth-order valence-electron chi connectivity index (χ4n) is 13.9. The number of ether oxygens (including phenoxy) is 2. The van der Waals surface area contributed by atoms with Crippen molar-refractivity contribution in [3.05, 3.63) is 177 Å². The molecule has 4 saturated heterocycles. The van der Waals surface area contributed by atoms with Gasteiger partial charge in [-0.05, 0) is 274 Å². The van der Waals surface area contributed by atoms with Crippen molar-refractivity contribution < 1.29 is 22.6 Å². The van der Waals surface area contributed by atoms with Gasteiger partial charge in [0, 0.05) is 87.8 Å². The number of likely N-dealkylation sites (tertiary alicyclic amines) is 2. The molecule has 12 aromatic heterocycles. The van der Waals surface area contributed by atoms with Crippen LogP contribution >= 0.6 is 31.9 Å². The number of rotatable bonds is 14. The van der Waals surface area contributed by atoms with E-state index in [1.165, 1.54) is 62.5 Å². The van der Waals surface area contributed by atoms with E-state index in [0.29, 0.717) is 57.5 Å². The van der Waals surface area contributed by atoms with Gasteiger partial charge in [-0.15, -0.1) is 0 Å². The predicted octanol–water partition coefficient (Wildman–Crippen LogP) is 17.1. The molecule has 3 N–H and O–H groups in total. The van der Waals surface area contributed by atoms with E-state index in [1.54, 1.807) is 63.8 Å². The Labute approximate surface area is 614 Å². The minimum atomic E-state index is -0.338. The molecule has 0 spiro atoms. The van der Waals surface area contributed by atoms with E-state index >= 15 is 0 Å². The summed E-state index contributed by atoms with van der Waals surface area (Å²) in [5, 5.41) is 16.6. The van der Waals surface area contributed by atoms with Crippen LogP contribution in [0.25, 0.3) is 101 Å². The van der Waals surface area contributed by atoms with Crippen LogP contribution in [0, 0.1) is 38.2 Å². The normalized spacial score (nSPS) is 17.4. The van der Waals surface area contributed by atoms with Crippen molar-refractivity contribution >= 4 is 65.0 Å². The van der Waals surface area contributed by atoms with Crippen molar-refractivity contribution in [1.29, 1.82) is 0 Å². The lowest BCUT2D eigenvalue weighted by atomic mass is 10.0. The highest BCUT2D eigenvalue weighted by Crippen LogP contribution is 2.39. The second kappa shape index (κ2) is 32.1. The van der Waals surface area contributed by atoms with Gasteiger partial charge in [-0.2, -0.15) is 15.3 Å². The number of H-pyrrole nitrogens is 1. The maximum atomic E-state index is 13.9. The molecule has 0 aromatic carbocycles. The Hall–Kier alpha value is -8.69. The Balaban J connectivity index is 0.000000129. The molecule has 4 aliphatic rings. The van der Waals surface area contributed by atoms with Crippen molar-refractivity contribution in [3.63, 3.8) is 0 Å². The summed E-state index contributed by atoms with van der Waals surface area (Å²) in [6.07, 6.45) is 24.0. The summed E-state index contributed by atoms with van der Waals surface area (Å²) in [7, 11) is 0. The summed E-state index contributed by atoms with van der Waals surface area (Å²) in [5.74, 6) is -0.995. The third-order valence-electron chi connectivity index (χ3n) is 19.7. The van der Waals surface area contributed by atoms with Crippen LogP contribution < -0.4 is 5.73 Å². The third-order valence-corrected chi connectivity index (χ3v) is 20.6. The fourth-order valence-corrected chi connectivity index (χ4v) is 14.5. The molecule has 4 aliphatic heterocycles. The first-order valence-electron chi connectivity index (χ1n) is 35.4. The minimum Gasteiger partial charge on any atom is -0.357 e. The molecule has 0 amide bonds. The van der Waals surface area contributed by atoms with E-state index in [2.05, 4.69) is 121 Å². The van der Waals surface area contributed by atoms with Crippen LogP contribution in [0.15, 0.2) is 137 Å². The Morgan fingerprint density at radius 1 is 0.524 bits per heavy atom. The van der Waals surface area contributed by atoms with Crippen LogP contribution in [0.1, 0.15) is 133 Å². The number of nitrogens with one attached hydrogen (secondary N) is 1. The highest BCUT2D eigenvalue weighted by atomic mass is 79.9. The molecule has 534 valence electrons. The van der Waals surface area contributed by atoms with E-state index in [-0.39, 0.29) is 29.9 Å². The maximum absolute atomic E-state index is 13.9. The lowest BCUT2D eigenvalue weighted by Gasteiger charge is -2.31. The van der Waals surface area contributed by atoms with Gasteiger partial charge >= 0.3 is 0 Å². The average Bonchev–Trinajstić information content (AvgIpc) is 1.77. The molecule has 20 nitrogen and oxygen atoms in total. The molecular weight excluding hydrogens is 1440 g/mol. The van der Waals surface area contributed by atoms with Crippen molar-refractivity contribution in [1.82, 2.24) is 84.4 Å². The number of halogens is 5. The topological polar surface area (TPSA) is 231 Å². The van der Waals surface area contributed by atoms with Crippen LogP contribution in [0.4, 0.5) is 13.2 Å². The molecule has 0 saturated carbocycles. The summed E-state index contributed by atoms with van der Waals surface area (Å²) >= 11 is 6.91. The molecule has 2 unspecified atom stereocenters.